The fourth-order valence-electron chi connectivity index (χ4n) is 2.92. The van der Waals surface area contributed by atoms with Crippen LogP contribution in [0.5, 0.6) is 0 Å². The Balaban J connectivity index is 3.38. The van der Waals surface area contributed by atoms with E-state index in [2.05, 4.69) is 54.0 Å². The highest BCUT2D eigenvalue weighted by Crippen LogP contribution is 2.38. The number of hydrazine groups is 1. The highest BCUT2D eigenvalue weighted by atomic mass is 79.9. The van der Waals surface area contributed by atoms with E-state index in [4.69, 9.17) is 17.4 Å². The molecule has 0 fully saturated rings. The summed E-state index contributed by atoms with van der Waals surface area (Å²) >= 11 is 9.26. The zero-order valence-electron chi connectivity index (χ0n) is 13.0. The maximum atomic E-state index is 14.6. The summed E-state index contributed by atoms with van der Waals surface area (Å²) in [5.41, 5.74) is 2.97. The van der Waals surface area contributed by atoms with Crippen molar-refractivity contribution >= 4 is 27.5 Å². The van der Waals surface area contributed by atoms with Crippen LogP contribution < -0.4 is 11.3 Å². The normalized spacial score (nSPS) is 16.0. The lowest BCUT2D eigenvalue weighted by Gasteiger charge is -2.45. The van der Waals surface area contributed by atoms with Crippen molar-refractivity contribution in [1.29, 1.82) is 0 Å². The van der Waals surface area contributed by atoms with Gasteiger partial charge in [-0.3, -0.25) is 16.2 Å². The smallest absolute Gasteiger partial charge is 0.147 e. The molecular weight excluding hydrogens is 357 g/mol. The first kappa shape index (κ1) is 18.8. The van der Waals surface area contributed by atoms with Crippen molar-refractivity contribution in [3.63, 3.8) is 0 Å². The average Bonchev–Trinajstić information content (AvgIpc) is 2.49. The minimum atomic E-state index is -0.430. The summed E-state index contributed by atoms with van der Waals surface area (Å²) in [4.78, 5) is 2.28. The summed E-state index contributed by atoms with van der Waals surface area (Å²) in [6.45, 7) is 10.1. The lowest BCUT2D eigenvalue weighted by Crippen LogP contribution is -2.56. The quantitative estimate of drug-likeness (QED) is 0.422. The van der Waals surface area contributed by atoms with Crippen molar-refractivity contribution in [2.45, 2.75) is 45.7 Å². The van der Waals surface area contributed by atoms with Crippen molar-refractivity contribution < 1.29 is 4.39 Å². The molecule has 0 aliphatic carbocycles. The van der Waals surface area contributed by atoms with Gasteiger partial charge in [-0.05, 0) is 48.4 Å². The molecular formula is C15H24BrClFN3. The van der Waals surface area contributed by atoms with Crippen LogP contribution in [0.1, 0.15) is 45.7 Å². The van der Waals surface area contributed by atoms with Crippen molar-refractivity contribution in [3.05, 3.63) is 33.0 Å². The maximum Gasteiger partial charge on any atom is 0.147 e. The van der Waals surface area contributed by atoms with E-state index in [-0.39, 0.29) is 16.6 Å². The standard InChI is InChI=1S/C15H24BrClFN3/c1-5-15(4,21(6-2)7-3)14(20-19)10-8-9-11(16)12(17)13(10)18/h8-9,14,20H,5-7,19H2,1-4H3. The van der Waals surface area contributed by atoms with Crippen LogP contribution in [0, 0.1) is 5.82 Å². The molecule has 1 aromatic carbocycles. The Labute approximate surface area is 140 Å². The second-order valence-corrected chi connectivity index (χ2v) is 6.48. The lowest BCUT2D eigenvalue weighted by molar-refractivity contribution is 0.0685. The van der Waals surface area contributed by atoms with Crippen LogP contribution in [-0.2, 0) is 0 Å². The third-order valence-electron chi connectivity index (χ3n) is 4.37. The minimum absolute atomic E-state index is 0.0887. The second kappa shape index (κ2) is 7.88. The maximum absolute atomic E-state index is 14.6. The Morgan fingerprint density at radius 2 is 1.95 bits per heavy atom. The fourth-order valence-corrected chi connectivity index (χ4v) is 3.40. The molecule has 0 aliphatic heterocycles. The third-order valence-corrected chi connectivity index (χ3v) is 5.62. The summed E-state index contributed by atoms with van der Waals surface area (Å²) in [7, 11) is 0. The SMILES string of the molecule is CCN(CC)C(C)(CC)C(NN)c1ccc(Br)c(Cl)c1F. The molecule has 3 nitrogen and oxygen atoms in total. The Morgan fingerprint density at radius 1 is 1.38 bits per heavy atom. The van der Waals surface area contributed by atoms with E-state index in [1.807, 2.05) is 0 Å². The van der Waals surface area contributed by atoms with Crippen molar-refractivity contribution in [3.8, 4) is 0 Å². The molecule has 0 spiro atoms. The summed E-state index contributed by atoms with van der Waals surface area (Å²) in [5, 5.41) is 0.0887. The van der Waals surface area contributed by atoms with Gasteiger partial charge in [0.25, 0.3) is 0 Å². The third kappa shape index (κ3) is 3.59. The molecule has 0 saturated carbocycles. The van der Waals surface area contributed by atoms with Crippen LogP contribution in [-0.4, -0.2) is 23.5 Å². The summed E-state index contributed by atoms with van der Waals surface area (Å²) in [6, 6.07) is 3.13. The number of nitrogens with zero attached hydrogens (tertiary/aromatic N) is 1. The van der Waals surface area contributed by atoms with Crippen molar-refractivity contribution in [1.82, 2.24) is 10.3 Å². The van der Waals surface area contributed by atoms with E-state index in [1.54, 1.807) is 12.1 Å². The molecule has 6 heteroatoms. The average molecular weight is 381 g/mol. The van der Waals surface area contributed by atoms with E-state index in [1.165, 1.54) is 0 Å². The van der Waals surface area contributed by atoms with Crippen LogP contribution >= 0.6 is 27.5 Å². The summed E-state index contributed by atoms with van der Waals surface area (Å²) < 4.78 is 15.1. The Morgan fingerprint density at radius 3 is 2.38 bits per heavy atom. The highest BCUT2D eigenvalue weighted by molar-refractivity contribution is 9.10. The Hall–Kier alpha value is -0.200. The second-order valence-electron chi connectivity index (χ2n) is 5.25. The topological polar surface area (TPSA) is 41.3 Å². The summed E-state index contributed by atoms with van der Waals surface area (Å²) in [6.07, 6.45) is 0.830. The molecule has 0 radical (unpaired) electrons. The van der Waals surface area contributed by atoms with Gasteiger partial charge in [0.2, 0.25) is 0 Å². The van der Waals surface area contributed by atoms with Crippen LogP contribution in [0.3, 0.4) is 0 Å². The molecule has 0 bridgehead atoms. The van der Waals surface area contributed by atoms with Gasteiger partial charge in [0.05, 0.1) is 11.1 Å². The van der Waals surface area contributed by atoms with E-state index < -0.39 is 5.82 Å². The number of rotatable bonds is 7. The number of nitrogens with two attached hydrogens (primary N) is 1. The fraction of sp³-hybridized carbons (Fsp3) is 0.600. The first-order valence-electron chi connectivity index (χ1n) is 7.21. The van der Waals surface area contributed by atoms with Gasteiger partial charge >= 0.3 is 0 Å². The van der Waals surface area contributed by atoms with E-state index in [0.29, 0.717) is 10.0 Å². The van der Waals surface area contributed by atoms with Gasteiger partial charge in [-0.2, -0.15) is 0 Å². The van der Waals surface area contributed by atoms with Gasteiger partial charge in [-0.15, -0.1) is 0 Å². The molecule has 0 amide bonds. The predicted molar refractivity (Wildman–Crippen MR) is 90.8 cm³/mol. The molecule has 120 valence electrons. The van der Waals surface area contributed by atoms with Crippen molar-refractivity contribution in [2.75, 3.05) is 13.1 Å². The summed E-state index contributed by atoms with van der Waals surface area (Å²) in [5.74, 6) is 5.34. The Bertz CT molecular complexity index is 482. The van der Waals surface area contributed by atoms with Gasteiger partial charge in [0.1, 0.15) is 5.82 Å². The number of halogens is 3. The van der Waals surface area contributed by atoms with Crippen LogP contribution in [0.25, 0.3) is 0 Å². The Kier molecular flexibility index (Phi) is 7.07. The monoisotopic (exact) mass is 379 g/mol. The molecule has 2 atom stereocenters. The highest BCUT2D eigenvalue weighted by Gasteiger charge is 2.39. The zero-order valence-corrected chi connectivity index (χ0v) is 15.4. The van der Waals surface area contributed by atoms with Gasteiger partial charge in [-0.1, -0.05) is 38.4 Å². The molecule has 0 aromatic heterocycles. The van der Waals surface area contributed by atoms with Gasteiger partial charge in [0.15, 0.2) is 0 Å². The largest absolute Gasteiger partial charge is 0.297 e. The van der Waals surface area contributed by atoms with Gasteiger partial charge in [-0.25, -0.2) is 4.39 Å². The van der Waals surface area contributed by atoms with E-state index in [0.717, 1.165) is 19.5 Å². The zero-order chi connectivity index (χ0) is 16.2. The molecule has 1 aromatic rings. The van der Waals surface area contributed by atoms with E-state index in [9.17, 15) is 4.39 Å². The first-order chi connectivity index (χ1) is 9.87. The number of nitrogens with one attached hydrogen (secondary N) is 1. The molecule has 0 heterocycles. The molecule has 3 N–H and O–H groups in total. The predicted octanol–water partition coefficient (Wildman–Crippen LogP) is 4.26. The number of likely N-dealkylation sites (N-methyl/N-ethyl adjacent to an activating group) is 1. The lowest BCUT2D eigenvalue weighted by atomic mass is 9.83. The molecule has 2 unspecified atom stereocenters. The molecule has 1 rings (SSSR count). The van der Waals surface area contributed by atoms with Gasteiger partial charge < -0.3 is 0 Å². The molecule has 0 aliphatic rings. The van der Waals surface area contributed by atoms with Crippen LogP contribution in [0.4, 0.5) is 4.39 Å². The number of benzene rings is 1. The first-order valence-corrected chi connectivity index (χ1v) is 8.38. The number of hydrogen-bond acceptors (Lipinski definition) is 3. The van der Waals surface area contributed by atoms with Crippen LogP contribution in [0.15, 0.2) is 16.6 Å². The van der Waals surface area contributed by atoms with Crippen LogP contribution in [0.2, 0.25) is 5.02 Å². The van der Waals surface area contributed by atoms with E-state index >= 15 is 0 Å². The molecule has 0 saturated heterocycles. The minimum Gasteiger partial charge on any atom is -0.297 e. The number of hydrogen-bond donors (Lipinski definition) is 2. The van der Waals surface area contributed by atoms with Crippen molar-refractivity contribution in [2.24, 2.45) is 5.84 Å². The molecule has 21 heavy (non-hydrogen) atoms. The van der Waals surface area contributed by atoms with Gasteiger partial charge in [0, 0.05) is 15.6 Å².